The Morgan fingerprint density at radius 1 is 1.47 bits per heavy atom. The molecule has 1 aromatic carbocycles. The van der Waals surface area contributed by atoms with E-state index >= 15 is 0 Å². The molecule has 0 bridgehead atoms. The minimum absolute atomic E-state index is 0.0639. The standard InChI is InChI=1S/C12H10N2O3S2/c13-6-3-1-2-4-7(6)18-12-10(11(16)17)14-8(15)5-9(14)19-12/h1-4,9H,5,13H2,(H,16,17)/t9-/m1/s1. The maximum Gasteiger partial charge on any atom is 0.354 e. The molecule has 1 amide bonds. The van der Waals surface area contributed by atoms with E-state index < -0.39 is 5.97 Å². The molecule has 98 valence electrons. The molecule has 0 aliphatic carbocycles. The van der Waals surface area contributed by atoms with E-state index in [2.05, 4.69) is 0 Å². The fourth-order valence-corrected chi connectivity index (χ4v) is 4.67. The van der Waals surface area contributed by atoms with Gasteiger partial charge in [0, 0.05) is 10.6 Å². The quantitative estimate of drug-likeness (QED) is 0.654. The van der Waals surface area contributed by atoms with Crippen LogP contribution in [0.1, 0.15) is 6.42 Å². The van der Waals surface area contributed by atoms with Crippen molar-refractivity contribution in [3.8, 4) is 0 Å². The molecule has 0 saturated carbocycles. The van der Waals surface area contributed by atoms with Gasteiger partial charge < -0.3 is 10.8 Å². The molecule has 2 aliphatic heterocycles. The number of amides is 1. The van der Waals surface area contributed by atoms with Gasteiger partial charge in [-0.3, -0.25) is 9.69 Å². The highest BCUT2D eigenvalue weighted by molar-refractivity contribution is 8.22. The van der Waals surface area contributed by atoms with Crippen molar-refractivity contribution >= 4 is 41.1 Å². The lowest BCUT2D eigenvalue weighted by Crippen LogP contribution is -2.48. The Bertz CT molecular complexity index is 615. The van der Waals surface area contributed by atoms with Crippen LogP contribution < -0.4 is 5.73 Å². The van der Waals surface area contributed by atoms with Crippen LogP contribution in [-0.2, 0) is 9.59 Å². The van der Waals surface area contributed by atoms with Gasteiger partial charge in [0.05, 0.1) is 16.0 Å². The number of β-lactam (4-membered cyclic amide) rings is 1. The Morgan fingerprint density at radius 3 is 2.84 bits per heavy atom. The average molecular weight is 294 g/mol. The lowest BCUT2D eigenvalue weighted by atomic mass is 10.2. The summed E-state index contributed by atoms with van der Waals surface area (Å²) in [5, 5.41) is 9.20. The number of nitrogens with zero attached hydrogens (tertiary/aromatic N) is 1. The zero-order valence-electron chi connectivity index (χ0n) is 9.70. The molecule has 1 saturated heterocycles. The molecule has 0 spiro atoms. The predicted molar refractivity (Wildman–Crippen MR) is 74.2 cm³/mol. The number of nitrogen functional groups attached to an aromatic ring is 1. The number of fused-ring (bicyclic) bond motifs is 1. The normalized spacial score (nSPS) is 21.4. The number of carbonyl (C=O) groups excluding carboxylic acids is 1. The number of carboxylic acids is 1. The van der Waals surface area contributed by atoms with Crippen molar-refractivity contribution in [1.29, 1.82) is 0 Å². The Kier molecular flexibility index (Phi) is 2.94. The van der Waals surface area contributed by atoms with Crippen LogP contribution in [-0.4, -0.2) is 27.3 Å². The number of hydrogen-bond donors (Lipinski definition) is 2. The van der Waals surface area contributed by atoms with Crippen molar-refractivity contribution in [2.45, 2.75) is 16.7 Å². The maximum atomic E-state index is 11.5. The second-order valence-corrected chi connectivity index (χ2v) is 6.62. The first-order chi connectivity index (χ1) is 9.08. The van der Waals surface area contributed by atoms with Gasteiger partial charge >= 0.3 is 5.97 Å². The van der Waals surface area contributed by atoms with Crippen molar-refractivity contribution in [2.24, 2.45) is 0 Å². The van der Waals surface area contributed by atoms with Gasteiger partial charge in [0.25, 0.3) is 0 Å². The molecule has 2 heterocycles. The van der Waals surface area contributed by atoms with Crippen LogP contribution in [0.15, 0.2) is 39.1 Å². The van der Waals surface area contributed by atoms with Gasteiger partial charge in [-0.15, -0.1) is 0 Å². The summed E-state index contributed by atoms with van der Waals surface area (Å²) < 4.78 is 0.626. The molecule has 0 unspecified atom stereocenters. The monoisotopic (exact) mass is 294 g/mol. The Hall–Kier alpha value is -1.60. The number of para-hydroxylation sites is 1. The Morgan fingerprint density at radius 2 is 2.21 bits per heavy atom. The first-order valence-corrected chi connectivity index (χ1v) is 7.26. The largest absolute Gasteiger partial charge is 0.477 e. The number of rotatable bonds is 3. The number of carbonyl (C=O) groups is 2. The number of aliphatic carboxylic acids is 1. The molecule has 2 aliphatic rings. The number of benzene rings is 1. The van der Waals surface area contributed by atoms with E-state index in [1.807, 2.05) is 18.2 Å². The van der Waals surface area contributed by atoms with E-state index in [0.29, 0.717) is 16.3 Å². The number of carboxylic acid groups (broad SMARTS) is 1. The zero-order chi connectivity index (χ0) is 13.6. The fourth-order valence-electron chi connectivity index (χ4n) is 1.96. The van der Waals surface area contributed by atoms with Gasteiger partial charge in [-0.05, 0) is 12.1 Å². The highest BCUT2D eigenvalue weighted by Crippen LogP contribution is 2.52. The number of hydrogen-bond acceptors (Lipinski definition) is 5. The summed E-state index contributed by atoms with van der Waals surface area (Å²) in [5.41, 5.74) is 6.54. The predicted octanol–water partition coefficient (Wildman–Crippen LogP) is 1.92. The second-order valence-electron chi connectivity index (χ2n) is 4.12. The summed E-state index contributed by atoms with van der Waals surface area (Å²) >= 11 is 2.72. The van der Waals surface area contributed by atoms with Crippen LogP contribution in [0.3, 0.4) is 0 Å². The second kappa shape index (κ2) is 4.50. The molecule has 3 N–H and O–H groups in total. The number of thioether (sulfide) groups is 2. The molecule has 1 aromatic rings. The highest BCUT2D eigenvalue weighted by Gasteiger charge is 2.48. The molecule has 1 fully saturated rings. The zero-order valence-corrected chi connectivity index (χ0v) is 11.3. The molecular weight excluding hydrogens is 284 g/mol. The average Bonchev–Trinajstić information content (AvgIpc) is 2.65. The minimum Gasteiger partial charge on any atom is -0.477 e. The molecule has 7 heteroatoms. The summed E-state index contributed by atoms with van der Waals surface area (Å²) in [6, 6.07) is 7.27. The van der Waals surface area contributed by atoms with Gasteiger partial charge in [0.15, 0.2) is 5.70 Å². The minimum atomic E-state index is -1.07. The van der Waals surface area contributed by atoms with Crippen LogP contribution in [0.5, 0.6) is 0 Å². The first kappa shape index (κ1) is 12.4. The first-order valence-electron chi connectivity index (χ1n) is 5.56. The van der Waals surface area contributed by atoms with Crippen molar-refractivity contribution in [3.05, 3.63) is 34.2 Å². The molecule has 1 atom stereocenters. The van der Waals surface area contributed by atoms with E-state index in [1.165, 1.54) is 28.4 Å². The molecule has 0 radical (unpaired) electrons. The van der Waals surface area contributed by atoms with Gasteiger partial charge in [-0.25, -0.2) is 4.79 Å². The van der Waals surface area contributed by atoms with Crippen molar-refractivity contribution in [1.82, 2.24) is 4.90 Å². The SMILES string of the molecule is Nc1ccccc1SC1=C(C(=O)O)N2C(=O)C[C@H]2S1. The fraction of sp³-hybridized carbons (Fsp3) is 0.167. The van der Waals surface area contributed by atoms with Crippen LogP contribution in [0, 0.1) is 0 Å². The van der Waals surface area contributed by atoms with Gasteiger partial charge in [0.2, 0.25) is 5.91 Å². The van der Waals surface area contributed by atoms with Crippen LogP contribution in [0.25, 0.3) is 0 Å². The molecule has 5 nitrogen and oxygen atoms in total. The van der Waals surface area contributed by atoms with E-state index in [9.17, 15) is 14.7 Å². The molecule has 0 aromatic heterocycles. The summed E-state index contributed by atoms with van der Waals surface area (Å²) in [4.78, 5) is 24.9. The lowest BCUT2D eigenvalue weighted by molar-refractivity contribution is -0.145. The Labute approximate surface area is 117 Å². The third-order valence-electron chi connectivity index (χ3n) is 2.91. The van der Waals surface area contributed by atoms with E-state index in [1.54, 1.807) is 6.07 Å². The summed E-state index contributed by atoms with van der Waals surface area (Å²) in [6.45, 7) is 0. The third kappa shape index (κ3) is 1.98. The maximum absolute atomic E-state index is 11.5. The lowest BCUT2D eigenvalue weighted by Gasteiger charge is -2.33. The van der Waals surface area contributed by atoms with Gasteiger partial charge in [-0.1, -0.05) is 35.7 Å². The van der Waals surface area contributed by atoms with Gasteiger partial charge in [-0.2, -0.15) is 0 Å². The van der Waals surface area contributed by atoms with E-state index in [0.717, 1.165) is 4.90 Å². The van der Waals surface area contributed by atoms with Gasteiger partial charge in [0.1, 0.15) is 0 Å². The van der Waals surface area contributed by atoms with E-state index in [-0.39, 0.29) is 17.0 Å². The van der Waals surface area contributed by atoms with Crippen molar-refractivity contribution in [3.63, 3.8) is 0 Å². The number of nitrogens with two attached hydrogens (primary N) is 1. The third-order valence-corrected chi connectivity index (χ3v) is 5.47. The highest BCUT2D eigenvalue weighted by atomic mass is 32.2. The summed E-state index contributed by atoms with van der Waals surface area (Å²) in [7, 11) is 0. The van der Waals surface area contributed by atoms with Crippen LogP contribution in [0.2, 0.25) is 0 Å². The number of anilines is 1. The van der Waals surface area contributed by atoms with Crippen LogP contribution in [0.4, 0.5) is 5.69 Å². The molecular formula is C12H10N2O3S2. The van der Waals surface area contributed by atoms with Crippen molar-refractivity contribution in [2.75, 3.05) is 5.73 Å². The van der Waals surface area contributed by atoms with Crippen molar-refractivity contribution < 1.29 is 14.7 Å². The summed E-state index contributed by atoms with van der Waals surface area (Å²) in [6.07, 6.45) is 0.399. The molecule has 3 rings (SSSR count). The molecule has 19 heavy (non-hydrogen) atoms. The summed E-state index contributed by atoms with van der Waals surface area (Å²) in [5.74, 6) is -1.20. The van der Waals surface area contributed by atoms with Crippen LogP contribution >= 0.6 is 23.5 Å². The Balaban J connectivity index is 1.94. The van der Waals surface area contributed by atoms with E-state index in [4.69, 9.17) is 5.73 Å². The smallest absolute Gasteiger partial charge is 0.354 e. The topological polar surface area (TPSA) is 83.6 Å².